The molecule has 0 atom stereocenters. The van der Waals surface area contributed by atoms with Crippen molar-refractivity contribution in [2.24, 2.45) is 4.99 Å². The minimum absolute atomic E-state index is 0.193. The minimum Gasteiger partial charge on any atom is -0.497 e. The van der Waals surface area contributed by atoms with Crippen molar-refractivity contribution < 1.29 is 9.47 Å². The molecular weight excluding hydrogens is 426 g/mol. The Hall–Kier alpha value is -3.77. The molecule has 0 aliphatic heterocycles. The molecule has 0 unspecified atom stereocenters. The number of halogens is 1. The molecule has 1 aromatic heterocycles. The molecule has 0 bridgehead atoms. The van der Waals surface area contributed by atoms with Crippen molar-refractivity contribution in [2.45, 2.75) is 13.8 Å². The van der Waals surface area contributed by atoms with Crippen LogP contribution in [0.4, 0.5) is 5.69 Å². The maximum atomic E-state index is 13.2. The van der Waals surface area contributed by atoms with Gasteiger partial charge in [0.2, 0.25) is 0 Å². The van der Waals surface area contributed by atoms with Crippen molar-refractivity contribution in [2.75, 3.05) is 7.11 Å². The van der Waals surface area contributed by atoms with Crippen LogP contribution in [-0.2, 0) is 0 Å². The summed E-state index contributed by atoms with van der Waals surface area (Å²) in [4.78, 5) is 17.9. The number of H-pyrrole nitrogens is 1. The van der Waals surface area contributed by atoms with E-state index in [4.69, 9.17) is 26.1 Å². The number of hydrogen-bond acceptors (Lipinski definition) is 4. The summed E-state index contributed by atoms with van der Waals surface area (Å²) >= 11 is 6.21. The van der Waals surface area contributed by atoms with E-state index in [1.54, 1.807) is 44.4 Å². The van der Waals surface area contributed by atoms with Crippen LogP contribution in [0.2, 0.25) is 5.02 Å². The summed E-state index contributed by atoms with van der Waals surface area (Å²) < 4.78 is 12.7. The number of aromatic amines is 1. The van der Waals surface area contributed by atoms with Gasteiger partial charge in [-0.1, -0.05) is 29.8 Å². The van der Waals surface area contributed by atoms with Crippen LogP contribution in [0.1, 0.15) is 18.2 Å². The van der Waals surface area contributed by atoms with Gasteiger partial charge in [0.25, 0.3) is 5.56 Å². The van der Waals surface area contributed by atoms with Crippen molar-refractivity contribution in [1.82, 2.24) is 9.78 Å². The molecule has 1 heterocycles. The summed E-state index contributed by atoms with van der Waals surface area (Å²) in [5.41, 5.74) is 2.80. The van der Waals surface area contributed by atoms with Gasteiger partial charge in [-0.15, -0.1) is 0 Å². The first-order chi connectivity index (χ1) is 15.5. The molecule has 0 radical (unpaired) electrons. The maximum Gasteiger partial charge on any atom is 0.280 e. The van der Waals surface area contributed by atoms with Crippen molar-refractivity contribution in [3.63, 3.8) is 0 Å². The molecule has 4 aromatic rings. The van der Waals surface area contributed by atoms with E-state index in [0.29, 0.717) is 44.9 Å². The molecule has 4 rings (SSSR count). The molecule has 0 aliphatic carbocycles. The molecule has 0 fully saturated rings. The molecule has 162 valence electrons. The van der Waals surface area contributed by atoms with Gasteiger partial charge in [0.15, 0.2) is 5.75 Å². The normalized spacial score (nSPS) is 11.4. The summed E-state index contributed by atoms with van der Waals surface area (Å²) in [7, 11) is 1.60. The lowest BCUT2D eigenvalue weighted by atomic mass is 10.1. The topological polar surface area (TPSA) is 68.6 Å². The van der Waals surface area contributed by atoms with Gasteiger partial charge in [0.1, 0.15) is 17.2 Å². The number of hydrogen-bond donors (Lipinski definition) is 1. The second-order valence-electron chi connectivity index (χ2n) is 7.17. The van der Waals surface area contributed by atoms with Gasteiger partial charge in [-0.05, 0) is 68.4 Å². The highest BCUT2D eigenvalue weighted by atomic mass is 35.5. The Bertz CT molecular complexity index is 1320. The number of para-hydroxylation sites is 1. The highest BCUT2D eigenvalue weighted by molar-refractivity contribution is 6.31. The number of methoxy groups -OCH3 is 1. The standard InChI is InChI=1S/C25H22ClN3O3/c1-16(24-17(2)28-29(25(24)30)19-10-12-20(31-3)13-11-19)27-22-15-18(26)9-14-23(22)32-21-7-5-4-6-8-21/h4-15,28H,1-3H3. The van der Waals surface area contributed by atoms with Gasteiger partial charge in [-0.2, -0.15) is 0 Å². The molecule has 3 aromatic carbocycles. The first-order valence-corrected chi connectivity index (χ1v) is 10.4. The van der Waals surface area contributed by atoms with E-state index in [1.807, 2.05) is 49.4 Å². The SMILES string of the molecule is COc1ccc(-n2[nH]c(C)c(C(C)=Nc3cc(Cl)ccc3Oc3ccccc3)c2=O)cc1. The van der Waals surface area contributed by atoms with E-state index in [-0.39, 0.29) is 5.56 Å². The van der Waals surface area contributed by atoms with Crippen molar-refractivity contribution in [1.29, 1.82) is 0 Å². The Balaban J connectivity index is 1.73. The fourth-order valence-corrected chi connectivity index (χ4v) is 3.57. The Labute approximate surface area is 190 Å². The first-order valence-electron chi connectivity index (χ1n) is 10.0. The third-order valence-electron chi connectivity index (χ3n) is 4.94. The molecule has 0 saturated carbocycles. The second-order valence-corrected chi connectivity index (χ2v) is 7.61. The molecule has 0 amide bonds. The summed E-state index contributed by atoms with van der Waals surface area (Å²) in [6.45, 7) is 3.64. The molecule has 0 spiro atoms. The van der Waals surface area contributed by atoms with Gasteiger partial charge >= 0.3 is 0 Å². The van der Waals surface area contributed by atoms with E-state index in [1.165, 1.54) is 4.68 Å². The van der Waals surface area contributed by atoms with Crippen molar-refractivity contribution >= 4 is 23.0 Å². The third-order valence-corrected chi connectivity index (χ3v) is 5.18. The van der Waals surface area contributed by atoms with Gasteiger partial charge in [-0.25, -0.2) is 9.67 Å². The van der Waals surface area contributed by atoms with E-state index >= 15 is 0 Å². The zero-order valence-electron chi connectivity index (χ0n) is 17.9. The summed E-state index contributed by atoms with van der Waals surface area (Å²) in [6.07, 6.45) is 0. The van der Waals surface area contributed by atoms with Crippen LogP contribution in [0.3, 0.4) is 0 Å². The van der Waals surface area contributed by atoms with Crippen LogP contribution in [0.5, 0.6) is 17.2 Å². The van der Waals surface area contributed by atoms with Gasteiger partial charge in [0.05, 0.1) is 24.1 Å². The predicted octanol–water partition coefficient (Wildman–Crippen LogP) is 6.07. The fraction of sp³-hybridized carbons (Fsp3) is 0.120. The van der Waals surface area contributed by atoms with Gasteiger partial charge in [-0.3, -0.25) is 9.89 Å². The predicted molar refractivity (Wildman–Crippen MR) is 128 cm³/mol. The van der Waals surface area contributed by atoms with Crippen LogP contribution in [0, 0.1) is 6.92 Å². The lowest BCUT2D eigenvalue weighted by Gasteiger charge is -2.09. The second kappa shape index (κ2) is 9.16. The summed E-state index contributed by atoms with van der Waals surface area (Å²) in [5.74, 6) is 1.95. The number of aliphatic imine (C=N–C) groups is 1. The average molecular weight is 448 g/mol. The Kier molecular flexibility index (Phi) is 6.14. The fourth-order valence-electron chi connectivity index (χ4n) is 3.40. The molecule has 6 nitrogen and oxygen atoms in total. The minimum atomic E-state index is -0.193. The highest BCUT2D eigenvalue weighted by Crippen LogP contribution is 2.34. The summed E-state index contributed by atoms with van der Waals surface area (Å²) in [6, 6.07) is 21.9. The molecule has 32 heavy (non-hydrogen) atoms. The zero-order valence-corrected chi connectivity index (χ0v) is 18.7. The molecule has 1 N–H and O–H groups in total. The Morgan fingerprint density at radius 1 is 1.00 bits per heavy atom. The lowest BCUT2D eigenvalue weighted by Crippen LogP contribution is -2.19. The quantitative estimate of drug-likeness (QED) is 0.365. The number of aromatic nitrogens is 2. The van der Waals surface area contributed by atoms with E-state index < -0.39 is 0 Å². The highest BCUT2D eigenvalue weighted by Gasteiger charge is 2.16. The smallest absolute Gasteiger partial charge is 0.280 e. The van der Waals surface area contributed by atoms with Crippen molar-refractivity contribution in [3.8, 4) is 22.9 Å². The lowest BCUT2D eigenvalue weighted by molar-refractivity contribution is 0.414. The van der Waals surface area contributed by atoms with Crippen LogP contribution in [0.15, 0.2) is 82.6 Å². The largest absolute Gasteiger partial charge is 0.497 e. The van der Waals surface area contributed by atoms with Crippen LogP contribution < -0.4 is 15.0 Å². The third kappa shape index (κ3) is 4.45. The number of ether oxygens (including phenoxy) is 2. The van der Waals surface area contributed by atoms with Crippen LogP contribution in [-0.4, -0.2) is 22.6 Å². The first kappa shape index (κ1) is 21.5. The Morgan fingerprint density at radius 2 is 1.72 bits per heavy atom. The van der Waals surface area contributed by atoms with E-state index in [2.05, 4.69) is 5.10 Å². The van der Waals surface area contributed by atoms with Crippen LogP contribution >= 0.6 is 11.6 Å². The molecule has 0 saturated heterocycles. The zero-order chi connectivity index (χ0) is 22.7. The summed E-state index contributed by atoms with van der Waals surface area (Å²) in [5, 5.41) is 3.65. The molecule has 7 heteroatoms. The van der Waals surface area contributed by atoms with Crippen molar-refractivity contribution in [3.05, 3.63) is 99.4 Å². The molecule has 0 aliphatic rings. The van der Waals surface area contributed by atoms with Gasteiger partial charge < -0.3 is 9.47 Å². The maximum absolute atomic E-state index is 13.2. The average Bonchev–Trinajstić information content (AvgIpc) is 3.10. The Morgan fingerprint density at radius 3 is 2.41 bits per heavy atom. The van der Waals surface area contributed by atoms with Crippen LogP contribution in [0.25, 0.3) is 5.69 Å². The number of rotatable bonds is 6. The number of nitrogens with zero attached hydrogens (tertiary/aromatic N) is 2. The number of nitrogens with one attached hydrogen (secondary N) is 1. The monoisotopic (exact) mass is 447 g/mol. The number of aryl methyl sites for hydroxylation is 1. The van der Waals surface area contributed by atoms with Gasteiger partial charge in [0, 0.05) is 10.7 Å². The van der Waals surface area contributed by atoms with E-state index in [9.17, 15) is 4.79 Å². The molecular formula is C25H22ClN3O3. The van der Waals surface area contributed by atoms with E-state index in [0.717, 1.165) is 5.75 Å². The number of benzene rings is 3.